The lowest BCUT2D eigenvalue weighted by Crippen LogP contribution is -2.44. The topological polar surface area (TPSA) is 69.6 Å². The molecule has 19 heavy (non-hydrogen) atoms. The molecular formula is C13H20N2O3S. The Hall–Kier alpha value is -1.11. The van der Waals surface area contributed by atoms with Crippen LogP contribution in [-0.4, -0.2) is 57.4 Å². The summed E-state index contributed by atoms with van der Waals surface area (Å²) in [5.74, 6) is -0.152. The number of phenols is 1. The normalized spacial score (nSPS) is 17.5. The Labute approximate surface area is 114 Å². The van der Waals surface area contributed by atoms with E-state index in [1.54, 1.807) is 12.1 Å². The van der Waals surface area contributed by atoms with Crippen LogP contribution in [0.25, 0.3) is 0 Å². The highest BCUT2D eigenvalue weighted by Gasteiger charge is 2.14. The summed E-state index contributed by atoms with van der Waals surface area (Å²) in [6.45, 7) is 5.02. The smallest absolute Gasteiger partial charge is 0.179 e. The van der Waals surface area contributed by atoms with E-state index in [2.05, 4.69) is 10.2 Å². The Morgan fingerprint density at radius 1 is 1.32 bits per heavy atom. The van der Waals surface area contributed by atoms with Crippen LogP contribution in [0.1, 0.15) is 5.56 Å². The van der Waals surface area contributed by atoms with Crippen LogP contribution in [0.2, 0.25) is 0 Å². The lowest BCUT2D eigenvalue weighted by Gasteiger charge is -2.27. The molecule has 0 spiro atoms. The number of hydrogen-bond donors (Lipinski definition) is 2. The minimum absolute atomic E-state index is 0.00146. The second-order valence-corrected chi connectivity index (χ2v) is 6.90. The second-order valence-electron chi connectivity index (χ2n) is 4.92. The van der Waals surface area contributed by atoms with E-state index in [0.29, 0.717) is 0 Å². The van der Waals surface area contributed by atoms with E-state index in [0.717, 1.165) is 51.0 Å². The second kappa shape index (κ2) is 5.90. The number of aromatic hydroxyl groups is 1. The van der Waals surface area contributed by atoms with Gasteiger partial charge in [0.2, 0.25) is 0 Å². The van der Waals surface area contributed by atoms with Crippen molar-refractivity contribution in [2.24, 2.45) is 0 Å². The van der Waals surface area contributed by atoms with Gasteiger partial charge >= 0.3 is 0 Å². The van der Waals surface area contributed by atoms with Crippen molar-refractivity contribution in [2.75, 3.05) is 39.0 Å². The quantitative estimate of drug-likeness (QED) is 0.829. The van der Waals surface area contributed by atoms with Crippen molar-refractivity contribution in [1.82, 2.24) is 10.2 Å². The van der Waals surface area contributed by atoms with Gasteiger partial charge in [-0.2, -0.15) is 0 Å². The van der Waals surface area contributed by atoms with Crippen molar-refractivity contribution in [3.63, 3.8) is 0 Å². The highest BCUT2D eigenvalue weighted by Crippen LogP contribution is 2.23. The lowest BCUT2D eigenvalue weighted by molar-refractivity contribution is 0.244. The van der Waals surface area contributed by atoms with E-state index in [1.807, 2.05) is 0 Å². The molecule has 0 atom stereocenters. The summed E-state index contributed by atoms with van der Waals surface area (Å²) in [4.78, 5) is 2.36. The minimum atomic E-state index is -3.35. The van der Waals surface area contributed by atoms with E-state index in [4.69, 9.17) is 0 Å². The van der Waals surface area contributed by atoms with Gasteiger partial charge in [-0.15, -0.1) is 0 Å². The van der Waals surface area contributed by atoms with Crippen LogP contribution in [0.15, 0.2) is 23.1 Å². The van der Waals surface area contributed by atoms with Crippen LogP contribution in [-0.2, 0) is 16.3 Å². The molecule has 1 heterocycles. The van der Waals surface area contributed by atoms with E-state index < -0.39 is 9.84 Å². The molecule has 106 valence electrons. The average Bonchev–Trinajstić information content (AvgIpc) is 2.36. The van der Waals surface area contributed by atoms with E-state index in [9.17, 15) is 13.5 Å². The molecule has 1 aromatic rings. The molecule has 0 amide bonds. The lowest BCUT2D eigenvalue weighted by atomic mass is 10.1. The van der Waals surface area contributed by atoms with Crippen LogP contribution >= 0.6 is 0 Å². The van der Waals surface area contributed by atoms with Crippen molar-refractivity contribution in [2.45, 2.75) is 11.3 Å². The first kappa shape index (κ1) is 14.3. The molecule has 0 aromatic heterocycles. The van der Waals surface area contributed by atoms with E-state index in [1.165, 1.54) is 6.07 Å². The maximum atomic E-state index is 11.4. The largest absolute Gasteiger partial charge is 0.507 e. The average molecular weight is 284 g/mol. The monoisotopic (exact) mass is 284 g/mol. The first-order chi connectivity index (χ1) is 8.97. The number of benzene rings is 1. The molecule has 5 nitrogen and oxygen atoms in total. The van der Waals surface area contributed by atoms with Gasteiger partial charge in [-0.05, 0) is 24.1 Å². The van der Waals surface area contributed by atoms with Gasteiger partial charge in [-0.25, -0.2) is 8.42 Å². The predicted molar refractivity (Wildman–Crippen MR) is 74.2 cm³/mol. The molecule has 2 rings (SSSR count). The third kappa shape index (κ3) is 3.92. The molecule has 0 radical (unpaired) electrons. The molecule has 2 N–H and O–H groups in total. The summed E-state index contributed by atoms with van der Waals surface area (Å²) in [7, 11) is -3.35. The number of phenolic OH excluding ortho intramolecular Hbond substituents is 1. The van der Waals surface area contributed by atoms with Crippen molar-refractivity contribution < 1.29 is 13.5 Å². The number of piperazine rings is 1. The van der Waals surface area contributed by atoms with Gasteiger partial charge in [-0.3, -0.25) is 0 Å². The van der Waals surface area contributed by atoms with Crippen molar-refractivity contribution in [3.05, 3.63) is 23.8 Å². The van der Waals surface area contributed by atoms with Gasteiger partial charge < -0.3 is 15.3 Å². The van der Waals surface area contributed by atoms with Crippen LogP contribution in [0.3, 0.4) is 0 Å². The zero-order valence-electron chi connectivity index (χ0n) is 11.1. The molecule has 0 unspecified atom stereocenters. The van der Waals surface area contributed by atoms with Crippen LogP contribution < -0.4 is 5.32 Å². The van der Waals surface area contributed by atoms with Crippen LogP contribution in [0.5, 0.6) is 5.75 Å². The van der Waals surface area contributed by atoms with Crippen molar-refractivity contribution in [3.8, 4) is 5.75 Å². The summed E-state index contributed by atoms with van der Waals surface area (Å²) in [6.07, 6.45) is 1.92. The van der Waals surface area contributed by atoms with Gasteiger partial charge in [0.05, 0.1) is 0 Å². The molecule has 1 fully saturated rings. The Kier molecular flexibility index (Phi) is 4.44. The first-order valence-electron chi connectivity index (χ1n) is 6.42. The third-order valence-electron chi connectivity index (χ3n) is 3.35. The van der Waals surface area contributed by atoms with Crippen LogP contribution in [0, 0.1) is 0 Å². The molecule has 0 saturated carbocycles. The summed E-state index contributed by atoms with van der Waals surface area (Å²) in [6, 6.07) is 4.81. The minimum Gasteiger partial charge on any atom is -0.507 e. The molecule has 0 aliphatic carbocycles. The Balaban J connectivity index is 2.00. The van der Waals surface area contributed by atoms with Crippen molar-refractivity contribution >= 4 is 9.84 Å². The maximum Gasteiger partial charge on any atom is 0.179 e. The predicted octanol–water partition coefficient (Wildman–Crippen LogP) is 0.243. The summed E-state index contributed by atoms with van der Waals surface area (Å²) < 4.78 is 22.8. The van der Waals surface area contributed by atoms with Gasteiger partial charge in [0, 0.05) is 39.0 Å². The van der Waals surface area contributed by atoms with E-state index >= 15 is 0 Å². The van der Waals surface area contributed by atoms with Crippen LogP contribution in [0.4, 0.5) is 0 Å². The number of hydrogen-bond acceptors (Lipinski definition) is 5. The number of nitrogens with one attached hydrogen (secondary N) is 1. The Bertz CT molecular complexity index is 537. The third-order valence-corrected chi connectivity index (χ3v) is 4.49. The summed E-state index contributed by atoms with van der Waals surface area (Å²) in [5, 5.41) is 13.1. The zero-order valence-corrected chi connectivity index (χ0v) is 11.9. The van der Waals surface area contributed by atoms with Gasteiger partial charge in [0.25, 0.3) is 0 Å². The molecule has 1 aromatic carbocycles. The number of nitrogens with zero attached hydrogens (tertiary/aromatic N) is 1. The summed E-state index contributed by atoms with van der Waals surface area (Å²) >= 11 is 0. The fourth-order valence-electron chi connectivity index (χ4n) is 2.25. The van der Waals surface area contributed by atoms with E-state index in [-0.39, 0.29) is 10.6 Å². The molecule has 1 aliphatic rings. The fraction of sp³-hybridized carbons (Fsp3) is 0.538. The standard InChI is InChI=1S/C13H20N2O3S/c1-19(17,18)13-3-2-11(10-12(13)16)4-7-15-8-5-14-6-9-15/h2-3,10,14,16H,4-9H2,1H3. The molecule has 1 aliphatic heterocycles. The zero-order chi connectivity index (χ0) is 13.9. The highest BCUT2D eigenvalue weighted by atomic mass is 32.2. The van der Waals surface area contributed by atoms with Gasteiger partial charge in [0.1, 0.15) is 10.6 Å². The van der Waals surface area contributed by atoms with Gasteiger partial charge in [0.15, 0.2) is 9.84 Å². The van der Waals surface area contributed by atoms with Gasteiger partial charge in [-0.1, -0.05) is 6.07 Å². The number of sulfone groups is 1. The van der Waals surface area contributed by atoms with Crippen molar-refractivity contribution in [1.29, 1.82) is 0 Å². The SMILES string of the molecule is CS(=O)(=O)c1ccc(CCN2CCNCC2)cc1O. The molecule has 6 heteroatoms. The first-order valence-corrected chi connectivity index (χ1v) is 8.31. The summed E-state index contributed by atoms with van der Waals surface area (Å²) in [5.41, 5.74) is 0.962. The maximum absolute atomic E-state index is 11.4. The molecule has 1 saturated heterocycles. The molecule has 0 bridgehead atoms. The Morgan fingerprint density at radius 2 is 2.00 bits per heavy atom. The number of rotatable bonds is 4. The molecular weight excluding hydrogens is 264 g/mol. The fourth-order valence-corrected chi connectivity index (χ4v) is 3.01. The highest BCUT2D eigenvalue weighted by molar-refractivity contribution is 7.90. The Morgan fingerprint density at radius 3 is 2.58 bits per heavy atom.